The van der Waals surface area contributed by atoms with Gasteiger partial charge in [0.25, 0.3) is 0 Å². The van der Waals surface area contributed by atoms with E-state index in [-0.39, 0.29) is 15.3 Å². The first-order valence-corrected chi connectivity index (χ1v) is 9.13. The molecule has 0 bridgehead atoms. The summed E-state index contributed by atoms with van der Waals surface area (Å²) >= 11 is 6.13. The number of piperidine rings is 1. The normalized spacial score (nSPS) is 19.6. The second-order valence-electron chi connectivity index (χ2n) is 6.04. The Morgan fingerprint density at radius 3 is 2.43 bits per heavy atom. The molecular weight excluding hydrogens is 308 g/mol. The van der Waals surface area contributed by atoms with Crippen molar-refractivity contribution in [2.45, 2.75) is 44.6 Å². The molecule has 4 nitrogen and oxygen atoms in total. The van der Waals surface area contributed by atoms with Gasteiger partial charge in [0.05, 0.1) is 5.02 Å². The molecule has 1 aromatic rings. The van der Waals surface area contributed by atoms with Crippen LogP contribution in [0.1, 0.15) is 38.7 Å². The maximum absolute atomic E-state index is 12.7. The summed E-state index contributed by atoms with van der Waals surface area (Å²) in [6.07, 6.45) is 2.86. The fraction of sp³-hybridized carbons (Fsp3) is 0.600. The molecule has 6 heteroatoms. The fourth-order valence-electron chi connectivity index (χ4n) is 2.64. The molecule has 0 aromatic heterocycles. The molecule has 1 aliphatic heterocycles. The molecule has 0 spiro atoms. The highest BCUT2D eigenvalue weighted by molar-refractivity contribution is 7.89. The number of rotatable bonds is 4. The summed E-state index contributed by atoms with van der Waals surface area (Å²) in [5.41, 5.74) is 6.63. The lowest BCUT2D eigenvalue weighted by atomic mass is 9.79. The molecular formula is C15H23ClN2O2S. The van der Waals surface area contributed by atoms with Gasteiger partial charge in [0, 0.05) is 19.6 Å². The third kappa shape index (κ3) is 3.42. The summed E-state index contributed by atoms with van der Waals surface area (Å²) in [5, 5.41) is 0.252. The van der Waals surface area contributed by atoms with Crippen LogP contribution >= 0.6 is 11.6 Å². The Kier molecular flexibility index (Phi) is 4.98. The Bertz CT molecular complexity index is 608. The van der Waals surface area contributed by atoms with Crippen LogP contribution in [0.3, 0.4) is 0 Å². The maximum Gasteiger partial charge on any atom is 0.244 e. The molecule has 0 atom stereocenters. The Morgan fingerprint density at radius 1 is 1.33 bits per heavy atom. The summed E-state index contributed by atoms with van der Waals surface area (Å²) in [6.45, 7) is 5.84. The molecule has 1 aromatic carbocycles. The van der Waals surface area contributed by atoms with E-state index in [0.29, 0.717) is 19.6 Å². The topological polar surface area (TPSA) is 63.4 Å². The van der Waals surface area contributed by atoms with E-state index < -0.39 is 10.0 Å². The Labute approximate surface area is 132 Å². The molecule has 1 heterocycles. The van der Waals surface area contributed by atoms with Crippen LogP contribution in [0.4, 0.5) is 0 Å². The molecule has 0 aliphatic carbocycles. The minimum absolute atomic E-state index is 0.182. The van der Waals surface area contributed by atoms with Gasteiger partial charge in [-0.2, -0.15) is 4.31 Å². The lowest BCUT2D eigenvalue weighted by Crippen LogP contribution is -2.41. The highest BCUT2D eigenvalue weighted by atomic mass is 35.5. The molecule has 118 valence electrons. The maximum atomic E-state index is 12.7. The summed E-state index contributed by atoms with van der Waals surface area (Å²) in [5.74, 6) is 0. The van der Waals surface area contributed by atoms with Crippen molar-refractivity contribution < 1.29 is 8.42 Å². The van der Waals surface area contributed by atoms with Crippen molar-refractivity contribution in [1.29, 1.82) is 0 Å². The number of hydrogen-bond acceptors (Lipinski definition) is 3. The molecule has 2 rings (SSSR count). The summed E-state index contributed by atoms with van der Waals surface area (Å²) in [4.78, 5) is 0.182. The molecule has 0 saturated carbocycles. The van der Waals surface area contributed by atoms with Gasteiger partial charge in [-0.05, 0) is 36.0 Å². The van der Waals surface area contributed by atoms with Gasteiger partial charge in [0.15, 0.2) is 0 Å². The Hall–Kier alpha value is -0.620. The second-order valence-corrected chi connectivity index (χ2v) is 8.35. The molecule has 21 heavy (non-hydrogen) atoms. The van der Waals surface area contributed by atoms with E-state index >= 15 is 0 Å². The Morgan fingerprint density at radius 2 is 1.95 bits per heavy atom. The van der Waals surface area contributed by atoms with E-state index in [4.69, 9.17) is 17.3 Å². The van der Waals surface area contributed by atoms with Crippen LogP contribution in [0.2, 0.25) is 5.02 Å². The first-order valence-electron chi connectivity index (χ1n) is 7.31. The van der Waals surface area contributed by atoms with Crippen LogP contribution < -0.4 is 5.73 Å². The van der Waals surface area contributed by atoms with Crippen molar-refractivity contribution >= 4 is 21.6 Å². The standard InChI is InChI=1S/C15H23ClN2O2S/c1-3-15(2)6-8-18(9-7-15)21(19,20)14-5-4-12(11-17)10-13(14)16/h4-5,10H,3,6-9,11,17H2,1-2H3. The van der Waals surface area contributed by atoms with Gasteiger partial charge in [-0.15, -0.1) is 0 Å². The van der Waals surface area contributed by atoms with Crippen LogP contribution in [0.5, 0.6) is 0 Å². The van der Waals surface area contributed by atoms with E-state index in [0.717, 1.165) is 24.8 Å². The smallest absolute Gasteiger partial charge is 0.244 e. The zero-order valence-corrected chi connectivity index (χ0v) is 14.2. The number of nitrogens with two attached hydrogens (primary N) is 1. The minimum Gasteiger partial charge on any atom is -0.326 e. The molecule has 0 amide bonds. The van der Waals surface area contributed by atoms with Crippen molar-refractivity contribution in [2.75, 3.05) is 13.1 Å². The van der Waals surface area contributed by atoms with Crippen LogP contribution in [-0.4, -0.2) is 25.8 Å². The first-order chi connectivity index (χ1) is 9.82. The lowest BCUT2D eigenvalue weighted by Gasteiger charge is -2.38. The molecule has 2 N–H and O–H groups in total. The van der Waals surface area contributed by atoms with Crippen LogP contribution in [0.15, 0.2) is 23.1 Å². The lowest BCUT2D eigenvalue weighted by molar-refractivity contribution is 0.169. The largest absolute Gasteiger partial charge is 0.326 e. The van der Waals surface area contributed by atoms with Gasteiger partial charge < -0.3 is 5.73 Å². The van der Waals surface area contributed by atoms with Gasteiger partial charge in [-0.1, -0.05) is 37.9 Å². The average molecular weight is 331 g/mol. The van der Waals surface area contributed by atoms with E-state index in [1.54, 1.807) is 22.5 Å². The average Bonchev–Trinajstić information content (AvgIpc) is 2.47. The second kappa shape index (κ2) is 6.24. The highest BCUT2D eigenvalue weighted by Crippen LogP contribution is 2.36. The SMILES string of the molecule is CCC1(C)CCN(S(=O)(=O)c2ccc(CN)cc2Cl)CC1. The minimum atomic E-state index is -3.52. The predicted octanol–water partition coefficient (Wildman–Crippen LogP) is 3.00. The molecule has 1 fully saturated rings. The Balaban J connectivity index is 2.23. The quantitative estimate of drug-likeness (QED) is 0.923. The van der Waals surface area contributed by atoms with E-state index in [2.05, 4.69) is 13.8 Å². The summed E-state index contributed by atoms with van der Waals surface area (Å²) in [6, 6.07) is 4.92. The number of halogens is 1. The van der Waals surface area contributed by atoms with Crippen molar-refractivity contribution in [2.24, 2.45) is 11.1 Å². The molecule has 0 unspecified atom stereocenters. The van der Waals surface area contributed by atoms with Gasteiger partial charge in [-0.3, -0.25) is 0 Å². The number of sulfonamides is 1. The molecule has 1 saturated heterocycles. The first kappa shape index (κ1) is 16.7. The summed E-state index contributed by atoms with van der Waals surface area (Å²) < 4.78 is 27.0. The predicted molar refractivity (Wildman–Crippen MR) is 85.7 cm³/mol. The van der Waals surface area contributed by atoms with Gasteiger partial charge in [0.1, 0.15) is 4.90 Å². The number of nitrogens with zero attached hydrogens (tertiary/aromatic N) is 1. The molecule has 0 radical (unpaired) electrons. The fourth-order valence-corrected chi connectivity index (χ4v) is 4.62. The van der Waals surface area contributed by atoms with Crippen molar-refractivity contribution in [3.8, 4) is 0 Å². The third-order valence-electron chi connectivity index (χ3n) is 4.63. The van der Waals surface area contributed by atoms with E-state index in [1.807, 2.05) is 0 Å². The van der Waals surface area contributed by atoms with Crippen LogP contribution in [0, 0.1) is 5.41 Å². The van der Waals surface area contributed by atoms with E-state index in [9.17, 15) is 8.42 Å². The van der Waals surface area contributed by atoms with Gasteiger partial charge in [0.2, 0.25) is 10.0 Å². The number of benzene rings is 1. The van der Waals surface area contributed by atoms with Gasteiger partial charge in [-0.25, -0.2) is 8.42 Å². The van der Waals surface area contributed by atoms with Gasteiger partial charge >= 0.3 is 0 Å². The highest BCUT2D eigenvalue weighted by Gasteiger charge is 2.35. The number of hydrogen-bond donors (Lipinski definition) is 1. The van der Waals surface area contributed by atoms with Crippen molar-refractivity contribution in [3.05, 3.63) is 28.8 Å². The summed E-state index contributed by atoms with van der Waals surface area (Å²) in [7, 11) is -3.52. The van der Waals surface area contributed by atoms with Crippen LogP contribution in [-0.2, 0) is 16.6 Å². The van der Waals surface area contributed by atoms with E-state index in [1.165, 1.54) is 0 Å². The zero-order chi connectivity index (χ0) is 15.7. The van der Waals surface area contributed by atoms with Crippen LogP contribution in [0.25, 0.3) is 0 Å². The zero-order valence-electron chi connectivity index (χ0n) is 12.6. The monoisotopic (exact) mass is 330 g/mol. The molecule has 1 aliphatic rings. The third-order valence-corrected chi connectivity index (χ3v) is 7.01. The van der Waals surface area contributed by atoms with Crippen molar-refractivity contribution in [3.63, 3.8) is 0 Å². The van der Waals surface area contributed by atoms with Crippen molar-refractivity contribution in [1.82, 2.24) is 4.31 Å².